The van der Waals surface area contributed by atoms with Gasteiger partial charge in [-0.25, -0.2) is 0 Å². The van der Waals surface area contributed by atoms with Crippen LogP contribution in [0.1, 0.15) is 31.7 Å². The normalized spacial score (nSPS) is 10.8. The minimum atomic E-state index is -0.459. The number of hydrogen-bond donors (Lipinski definition) is 1. The van der Waals surface area contributed by atoms with Gasteiger partial charge in [0.2, 0.25) is 0 Å². The van der Waals surface area contributed by atoms with Gasteiger partial charge in [0.05, 0.1) is 18.7 Å². The number of methoxy groups -OCH3 is 1. The largest absolute Gasteiger partial charge is 0.493 e. The van der Waals surface area contributed by atoms with Crippen LogP contribution in [0, 0.1) is 11.3 Å². The van der Waals surface area contributed by atoms with Crippen molar-refractivity contribution in [3.05, 3.63) is 57.6 Å². The highest BCUT2D eigenvalue weighted by Gasteiger charge is 2.13. The lowest BCUT2D eigenvalue weighted by Gasteiger charge is -2.11. The molecule has 0 saturated heterocycles. The second-order valence-electron chi connectivity index (χ2n) is 6.84. The van der Waals surface area contributed by atoms with E-state index in [4.69, 9.17) is 37.4 Å². The SMILES string of the molecule is CCCNC(=O)/C(C#N)=C/c1ccc(OC(=O)CCCOc2ccc(Cl)cc2Cl)c(OC)c1. The molecule has 0 aliphatic carbocycles. The van der Waals surface area contributed by atoms with Crippen LogP contribution in [-0.2, 0) is 9.59 Å². The van der Waals surface area contributed by atoms with Gasteiger partial charge in [-0.1, -0.05) is 36.2 Å². The molecule has 9 heteroatoms. The van der Waals surface area contributed by atoms with Gasteiger partial charge in [-0.2, -0.15) is 5.26 Å². The quantitative estimate of drug-likeness (QED) is 0.153. The number of hydrogen-bond acceptors (Lipinski definition) is 6. The van der Waals surface area contributed by atoms with E-state index in [0.29, 0.717) is 40.1 Å². The number of nitriles is 1. The smallest absolute Gasteiger partial charge is 0.311 e. The van der Waals surface area contributed by atoms with E-state index in [1.54, 1.807) is 36.4 Å². The number of halogens is 2. The lowest BCUT2D eigenvalue weighted by Crippen LogP contribution is -2.25. The van der Waals surface area contributed by atoms with Crippen LogP contribution in [0.15, 0.2) is 42.0 Å². The molecule has 0 bridgehead atoms. The fraction of sp³-hybridized carbons (Fsp3) is 0.292. The lowest BCUT2D eigenvalue weighted by atomic mass is 10.1. The average molecular weight is 491 g/mol. The highest BCUT2D eigenvalue weighted by atomic mass is 35.5. The first-order valence-corrected chi connectivity index (χ1v) is 11.0. The number of benzene rings is 2. The number of carbonyl (C=O) groups is 2. The molecule has 0 unspecified atom stereocenters. The van der Waals surface area contributed by atoms with Crippen molar-refractivity contribution in [2.75, 3.05) is 20.3 Å². The summed E-state index contributed by atoms with van der Waals surface area (Å²) in [6.45, 7) is 2.67. The first-order valence-electron chi connectivity index (χ1n) is 10.2. The highest BCUT2D eigenvalue weighted by molar-refractivity contribution is 6.35. The molecule has 33 heavy (non-hydrogen) atoms. The van der Waals surface area contributed by atoms with Gasteiger partial charge in [-0.15, -0.1) is 0 Å². The Kier molecular flexibility index (Phi) is 10.5. The molecule has 0 radical (unpaired) electrons. The van der Waals surface area contributed by atoms with Crippen molar-refractivity contribution in [3.8, 4) is 23.3 Å². The fourth-order valence-corrected chi connectivity index (χ4v) is 3.13. The van der Waals surface area contributed by atoms with E-state index in [-0.39, 0.29) is 24.4 Å². The summed E-state index contributed by atoms with van der Waals surface area (Å²) in [5.41, 5.74) is 0.527. The standard InChI is InChI=1S/C24H24Cl2N2O5/c1-3-10-28-24(30)17(15-27)12-16-6-8-21(22(13-16)31-2)33-23(29)5-4-11-32-20-9-7-18(25)14-19(20)26/h6-9,12-14H,3-5,10-11H2,1-2H3,(H,28,30)/b17-12+. The first kappa shape index (κ1) is 26.0. The van der Waals surface area contributed by atoms with Crippen molar-refractivity contribution in [1.29, 1.82) is 5.26 Å². The van der Waals surface area contributed by atoms with Crippen LogP contribution in [0.25, 0.3) is 6.08 Å². The van der Waals surface area contributed by atoms with Gasteiger partial charge < -0.3 is 19.5 Å². The van der Waals surface area contributed by atoms with Crippen molar-refractivity contribution in [2.45, 2.75) is 26.2 Å². The Labute approximate surface area is 202 Å². The number of nitrogens with one attached hydrogen (secondary N) is 1. The summed E-state index contributed by atoms with van der Waals surface area (Å²) in [7, 11) is 1.43. The summed E-state index contributed by atoms with van der Waals surface area (Å²) in [6.07, 6.45) is 2.74. The number of rotatable bonds is 11. The maximum Gasteiger partial charge on any atom is 0.311 e. The summed E-state index contributed by atoms with van der Waals surface area (Å²) >= 11 is 11.9. The Morgan fingerprint density at radius 3 is 2.55 bits per heavy atom. The van der Waals surface area contributed by atoms with Gasteiger partial charge in [-0.05, 0) is 54.8 Å². The van der Waals surface area contributed by atoms with E-state index in [2.05, 4.69) is 5.32 Å². The predicted octanol–water partition coefficient (Wildman–Crippen LogP) is 5.20. The number of nitrogens with zero attached hydrogens (tertiary/aromatic N) is 1. The van der Waals surface area contributed by atoms with Gasteiger partial charge in [0.15, 0.2) is 11.5 Å². The Hall–Kier alpha value is -3.21. The Bertz CT molecular complexity index is 1060. The predicted molar refractivity (Wildman–Crippen MR) is 127 cm³/mol. The molecule has 0 aliphatic heterocycles. The number of esters is 1. The molecule has 0 aliphatic rings. The van der Waals surface area contributed by atoms with Gasteiger partial charge in [0, 0.05) is 18.0 Å². The Balaban J connectivity index is 1.94. The molecule has 0 saturated carbocycles. The van der Waals surface area contributed by atoms with Crippen molar-refractivity contribution < 1.29 is 23.8 Å². The molecule has 0 atom stereocenters. The van der Waals surface area contributed by atoms with Gasteiger partial charge >= 0.3 is 5.97 Å². The summed E-state index contributed by atoms with van der Waals surface area (Å²) in [5, 5.41) is 12.8. The number of amides is 1. The highest BCUT2D eigenvalue weighted by Crippen LogP contribution is 2.30. The van der Waals surface area contributed by atoms with Crippen molar-refractivity contribution in [3.63, 3.8) is 0 Å². The molecule has 0 fully saturated rings. The van der Waals surface area contributed by atoms with E-state index in [9.17, 15) is 14.9 Å². The minimum absolute atomic E-state index is 0.0314. The third-order valence-electron chi connectivity index (χ3n) is 4.30. The summed E-state index contributed by atoms with van der Waals surface area (Å²) < 4.78 is 16.2. The van der Waals surface area contributed by atoms with E-state index in [1.807, 2.05) is 13.0 Å². The first-order chi connectivity index (χ1) is 15.9. The fourth-order valence-electron chi connectivity index (χ4n) is 2.67. The zero-order valence-electron chi connectivity index (χ0n) is 18.3. The molecule has 0 heterocycles. The van der Waals surface area contributed by atoms with E-state index in [1.165, 1.54) is 13.2 Å². The van der Waals surface area contributed by atoms with Crippen molar-refractivity contribution in [1.82, 2.24) is 5.32 Å². The maximum absolute atomic E-state index is 12.2. The molecular weight excluding hydrogens is 467 g/mol. The third-order valence-corrected chi connectivity index (χ3v) is 4.83. The maximum atomic E-state index is 12.2. The Morgan fingerprint density at radius 1 is 1.12 bits per heavy atom. The van der Waals surface area contributed by atoms with Gasteiger partial charge in [0.25, 0.3) is 5.91 Å². The molecule has 0 aromatic heterocycles. The molecule has 2 aromatic carbocycles. The molecule has 0 spiro atoms. The van der Waals surface area contributed by atoms with Crippen molar-refractivity contribution in [2.24, 2.45) is 0 Å². The molecular formula is C24H24Cl2N2O5. The average Bonchev–Trinajstić information content (AvgIpc) is 2.80. The lowest BCUT2D eigenvalue weighted by molar-refractivity contribution is -0.134. The summed E-state index contributed by atoms with van der Waals surface area (Å²) in [4.78, 5) is 24.2. The minimum Gasteiger partial charge on any atom is -0.493 e. The zero-order chi connectivity index (χ0) is 24.2. The van der Waals surface area contributed by atoms with Crippen LogP contribution in [0.2, 0.25) is 10.0 Å². The molecule has 2 aromatic rings. The van der Waals surface area contributed by atoms with E-state index >= 15 is 0 Å². The van der Waals surface area contributed by atoms with E-state index in [0.717, 1.165) is 6.42 Å². The van der Waals surface area contributed by atoms with Crippen LogP contribution < -0.4 is 19.5 Å². The number of ether oxygens (including phenoxy) is 3. The van der Waals surface area contributed by atoms with E-state index < -0.39 is 11.9 Å². The van der Waals surface area contributed by atoms with Crippen LogP contribution in [0.3, 0.4) is 0 Å². The molecule has 1 N–H and O–H groups in total. The molecule has 2 rings (SSSR count). The third kappa shape index (κ3) is 8.33. The molecule has 1 amide bonds. The van der Waals surface area contributed by atoms with Crippen LogP contribution in [-0.4, -0.2) is 32.1 Å². The summed E-state index contributed by atoms with van der Waals surface area (Å²) in [5.74, 6) is 0.109. The van der Waals surface area contributed by atoms with Gasteiger partial charge in [-0.3, -0.25) is 9.59 Å². The second kappa shape index (κ2) is 13.4. The van der Waals surface area contributed by atoms with Crippen LogP contribution >= 0.6 is 23.2 Å². The summed E-state index contributed by atoms with van der Waals surface area (Å²) in [6, 6.07) is 11.5. The van der Waals surface area contributed by atoms with Crippen LogP contribution in [0.5, 0.6) is 17.2 Å². The monoisotopic (exact) mass is 490 g/mol. The second-order valence-corrected chi connectivity index (χ2v) is 7.68. The topological polar surface area (TPSA) is 97.7 Å². The zero-order valence-corrected chi connectivity index (χ0v) is 19.8. The molecule has 174 valence electrons. The van der Waals surface area contributed by atoms with Crippen LogP contribution in [0.4, 0.5) is 0 Å². The van der Waals surface area contributed by atoms with Crippen molar-refractivity contribution >= 4 is 41.2 Å². The number of carbonyl (C=O) groups excluding carboxylic acids is 2. The molecule has 7 nitrogen and oxygen atoms in total. The Morgan fingerprint density at radius 2 is 1.88 bits per heavy atom. The van der Waals surface area contributed by atoms with Gasteiger partial charge in [0.1, 0.15) is 17.4 Å².